The first-order valence-electron chi connectivity index (χ1n) is 3.98. The quantitative estimate of drug-likeness (QED) is 0.595. The molecule has 0 unspecified atom stereocenters. The van der Waals surface area contributed by atoms with Gasteiger partial charge in [-0.2, -0.15) is 12.6 Å². The van der Waals surface area contributed by atoms with E-state index in [4.69, 9.17) is 0 Å². The van der Waals surface area contributed by atoms with E-state index in [0.717, 1.165) is 16.2 Å². The molecule has 0 amide bonds. The van der Waals surface area contributed by atoms with E-state index in [1.54, 1.807) is 6.20 Å². The van der Waals surface area contributed by atoms with Crippen LogP contribution >= 0.6 is 12.6 Å². The van der Waals surface area contributed by atoms with Crippen LogP contribution in [0.4, 0.5) is 0 Å². The van der Waals surface area contributed by atoms with Crippen LogP contribution in [0.5, 0.6) is 0 Å². The molecule has 14 heavy (non-hydrogen) atoms. The van der Waals surface area contributed by atoms with Crippen LogP contribution in [0.1, 0.15) is 0 Å². The molecule has 1 heterocycles. The molecule has 1 nitrogen and oxygen atoms in total. The van der Waals surface area contributed by atoms with E-state index in [0.29, 0.717) is 0 Å². The number of thiol groups is 1. The van der Waals surface area contributed by atoms with E-state index >= 15 is 0 Å². The van der Waals surface area contributed by atoms with Gasteiger partial charge in [0.05, 0.1) is 0 Å². The third-order valence-electron chi connectivity index (χ3n) is 1.73. The summed E-state index contributed by atoms with van der Waals surface area (Å²) < 4.78 is 0. The number of benzene rings is 1. The Morgan fingerprint density at radius 3 is 2.71 bits per heavy atom. The molecule has 2 rings (SSSR count). The Hall–Kier alpha value is -0.631. The third-order valence-corrected chi connectivity index (χ3v) is 2.00. The average Bonchev–Trinajstić information content (AvgIpc) is 2.19. The minimum atomic E-state index is 0. The first kappa shape index (κ1) is 11.4. The molecule has 0 aliphatic rings. The maximum absolute atomic E-state index is 4.26. The molecule has 0 aliphatic heterocycles. The van der Waals surface area contributed by atoms with Crippen molar-refractivity contribution in [1.82, 2.24) is 4.98 Å². The number of aromatic nitrogens is 1. The van der Waals surface area contributed by atoms with Crippen LogP contribution in [0.15, 0.2) is 47.5 Å². The first-order valence-corrected chi connectivity index (χ1v) is 4.43. The predicted octanol–water partition coefficient (Wildman–Crippen LogP) is 2.83. The van der Waals surface area contributed by atoms with E-state index in [1.807, 2.05) is 36.4 Å². The molecule has 0 atom stereocenters. The van der Waals surface area contributed by atoms with Gasteiger partial charge in [-0.1, -0.05) is 17.0 Å². The van der Waals surface area contributed by atoms with Crippen LogP contribution in [0.3, 0.4) is 0 Å². The van der Waals surface area contributed by atoms with Crippen LogP contribution in [-0.4, -0.2) is 4.98 Å². The molecule has 0 aliphatic carbocycles. The molecule has 0 saturated carbocycles. The summed E-state index contributed by atoms with van der Waals surface area (Å²) >= 11 is 4.26. The molecule has 0 N–H and O–H groups in total. The molecule has 1 radical (unpaired) electrons. The summed E-state index contributed by atoms with van der Waals surface area (Å²) in [5.74, 6) is 0. The fraction of sp³-hybridized carbons (Fsp3) is 0. The second-order valence-electron chi connectivity index (χ2n) is 2.68. The summed E-state index contributed by atoms with van der Waals surface area (Å²) in [6.07, 6.45) is 1.77. The second-order valence-corrected chi connectivity index (χ2v) is 3.19. The standard InChI is InChI=1S/C11H8NS.Ir/c13-10-5-3-4-9(8-10)11-6-1-2-7-12-11;/h1-3,5-8,13H;/q-1;. The smallest absolute Gasteiger partial charge is 0.0160 e. The molecule has 2 aromatic rings. The van der Waals surface area contributed by atoms with Gasteiger partial charge in [0.25, 0.3) is 0 Å². The van der Waals surface area contributed by atoms with Gasteiger partial charge in [0.1, 0.15) is 0 Å². The van der Waals surface area contributed by atoms with Gasteiger partial charge in [-0.25, -0.2) is 0 Å². The zero-order valence-corrected chi connectivity index (χ0v) is 10.6. The molecule has 0 spiro atoms. The maximum Gasteiger partial charge on any atom is 0.0160 e. The number of hydrogen-bond donors (Lipinski definition) is 1. The van der Waals surface area contributed by atoms with Crippen LogP contribution in [0.25, 0.3) is 11.3 Å². The van der Waals surface area contributed by atoms with Crippen LogP contribution in [0, 0.1) is 6.07 Å². The van der Waals surface area contributed by atoms with Gasteiger partial charge in [0, 0.05) is 26.3 Å². The fourth-order valence-corrected chi connectivity index (χ4v) is 1.33. The Bertz CT molecular complexity index is 403. The number of hydrogen-bond acceptors (Lipinski definition) is 2. The van der Waals surface area contributed by atoms with Crippen LogP contribution in [-0.2, 0) is 20.1 Å². The van der Waals surface area contributed by atoms with Gasteiger partial charge in [0.2, 0.25) is 0 Å². The summed E-state index contributed by atoms with van der Waals surface area (Å²) in [7, 11) is 0. The zero-order valence-electron chi connectivity index (χ0n) is 7.27. The zero-order chi connectivity index (χ0) is 9.10. The Labute approximate surface area is 102 Å². The molecule has 0 bridgehead atoms. The van der Waals surface area contributed by atoms with Gasteiger partial charge in [0.15, 0.2) is 0 Å². The Kier molecular flexibility index (Phi) is 4.33. The van der Waals surface area contributed by atoms with Gasteiger partial charge < -0.3 is 4.98 Å². The topological polar surface area (TPSA) is 12.9 Å². The molecule has 0 saturated heterocycles. The molecule has 3 heteroatoms. The normalized spacial score (nSPS) is 9.21. The van der Waals surface area contributed by atoms with Crippen LogP contribution in [0.2, 0.25) is 0 Å². The largest absolute Gasteiger partial charge is 0.305 e. The summed E-state index contributed by atoms with van der Waals surface area (Å²) in [5, 5.41) is 0. The summed E-state index contributed by atoms with van der Waals surface area (Å²) in [6.45, 7) is 0. The second kappa shape index (κ2) is 5.30. The van der Waals surface area contributed by atoms with E-state index in [2.05, 4.69) is 23.7 Å². The van der Waals surface area contributed by atoms with Gasteiger partial charge >= 0.3 is 0 Å². The number of rotatable bonds is 1. The summed E-state index contributed by atoms with van der Waals surface area (Å²) in [5.41, 5.74) is 1.91. The van der Waals surface area contributed by atoms with Crippen molar-refractivity contribution < 1.29 is 20.1 Å². The Balaban J connectivity index is 0.000000980. The van der Waals surface area contributed by atoms with Gasteiger partial charge in [-0.05, 0) is 11.8 Å². The van der Waals surface area contributed by atoms with Crippen molar-refractivity contribution in [3.05, 3.63) is 48.7 Å². The fourth-order valence-electron chi connectivity index (χ4n) is 1.12. The summed E-state index contributed by atoms with van der Waals surface area (Å²) in [4.78, 5) is 5.15. The Morgan fingerprint density at radius 1 is 1.21 bits per heavy atom. The van der Waals surface area contributed by atoms with Crippen molar-refractivity contribution in [1.29, 1.82) is 0 Å². The van der Waals surface area contributed by atoms with Crippen molar-refractivity contribution >= 4 is 12.6 Å². The van der Waals surface area contributed by atoms with Crippen molar-refractivity contribution in [2.45, 2.75) is 4.90 Å². The van der Waals surface area contributed by atoms with E-state index in [9.17, 15) is 0 Å². The van der Waals surface area contributed by atoms with Crippen molar-refractivity contribution in [2.24, 2.45) is 0 Å². The molecule has 73 valence electrons. The van der Waals surface area contributed by atoms with E-state index in [-0.39, 0.29) is 20.1 Å². The minimum Gasteiger partial charge on any atom is -0.305 e. The third kappa shape index (κ3) is 2.68. The molecule has 1 aromatic heterocycles. The van der Waals surface area contributed by atoms with Gasteiger partial charge in [-0.3, -0.25) is 0 Å². The molecule has 1 aromatic carbocycles. The monoisotopic (exact) mass is 379 g/mol. The van der Waals surface area contributed by atoms with E-state index in [1.165, 1.54) is 0 Å². The molecule has 0 fully saturated rings. The Morgan fingerprint density at radius 2 is 2.07 bits per heavy atom. The van der Waals surface area contributed by atoms with Crippen molar-refractivity contribution in [3.8, 4) is 11.3 Å². The van der Waals surface area contributed by atoms with Crippen molar-refractivity contribution in [3.63, 3.8) is 0 Å². The van der Waals surface area contributed by atoms with Crippen LogP contribution < -0.4 is 0 Å². The average molecular weight is 378 g/mol. The van der Waals surface area contributed by atoms with Crippen molar-refractivity contribution in [2.75, 3.05) is 0 Å². The predicted molar refractivity (Wildman–Crippen MR) is 55.8 cm³/mol. The molecular weight excluding hydrogens is 370 g/mol. The number of nitrogens with zero attached hydrogens (tertiary/aromatic N) is 1. The first-order chi connectivity index (χ1) is 6.36. The van der Waals surface area contributed by atoms with E-state index < -0.39 is 0 Å². The molecular formula is C11H8IrNS-. The minimum absolute atomic E-state index is 0. The maximum atomic E-state index is 4.26. The SMILES string of the molecule is Sc1cc[c-]c(-c2ccccn2)c1.[Ir]. The number of pyridine rings is 1. The van der Waals surface area contributed by atoms with Gasteiger partial charge in [-0.15, -0.1) is 29.8 Å². The summed E-state index contributed by atoms with van der Waals surface area (Å²) in [6, 6.07) is 14.6.